The van der Waals surface area contributed by atoms with Crippen LogP contribution in [0, 0.1) is 23.7 Å². The van der Waals surface area contributed by atoms with Crippen molar-refractivity contribution in [1.29, 1.82) is 0 Å². The van der Waals surface area contributed by atoms with Crippen molar-refractivity contribution in [2.75, 3.05) is 14.2 Å². The topological polar surface area (TPSA) is 84.9 Å². The summed E-state index contributed by atoms with van der Waals surface area (Å²) in [6.45, 7) is 0. The van der Waals surface area contributed by atoms with E-state index in [1.54, 1.807) is 12.1 Å². The molecule has 1 saturated heterocycles. The van der Waals surface area contributed by atoms with Crippen LogP contribution < -0.4 is 14.9 Å². The molecule has 0 spiro atoms. The molecule has 4 rings (SSSR count). The van der Waals surface area contributed by atoms with E-state index in [-0.39, 0.29) is 41.0 Å². The van der Waals surface area contributed by atoms with Gasteiger partial charge in [0.25, 0.3) is 17.7 Å². The molecule has 2 bridgehead atoms. The third-order valence-corrected chi connectivity index (χ3v) is 5.33. The van der Waals surface area contributed by atoms with Gasteiger partial charge in [-0.25, -0.2) is 0 Å². The molecule has 2 aliphatic carbocycles. The van der Waals surface area contributed by atoms with Crippen LogP contribution in [0.25, 0.3) is 0 Å². The van der Waals surface area contributed by atoms with Gasteiger partial charge in [0.1, 0.15) is 0 Å². The minimum atomic E-state index is -0.539. The summed E-state index contributed by atoms with van der Waals surface area (Å²) >= 11 is 0. The lowest BCUT2D eigenvalue weighted by Gasteiger charge is -2.18. The van der Waals surface area contributed by atoms with Crippen molar-refractivity contribution >= 4 is 17.7 Å². The highest BCUT2D eigenvalue weighted by Gasteiger charge is 2.59. The minimum Gasteiger partial charge on any atom is -0.493 e. The zero-order valence-electron chi connectivity index (χ0n) is 13.9. The lowest BCUT2D eigenvalue weighted by Crippen LogP contribution is -2.47. The predicted molar refractivity (Wildman–Crippen MR) is 86.6 cm³/mol. The first kappa shape index (κ1) is 15.7. The van der Waals surface area contributed by atoms with Crippen LogP contribution in [0.2, 0.25) is 0 Å². The Hall–Kier alpha value is -2.83. The number of allylic oxidation sites excluding steroid dienone is 2. The summed E-state index contributed by atoms with van der Waals surface area (Å²) in [7, 11) is 2.97. The number of hydrogen-bond acceptors (Lipinski definition) is 5. The number of fused-ring (bicyclic) bond motifs is 5. The normalized spacial score (nSPS) is 29.1. The van der Waals surface area contributed by atoms with E-state index in [9.17, 15) is 14.4 Å². The molecule has 0 aromatic heterocycles. The third kappa shape index (κ3) is 2.22. The van der Waals surface area contributed by atoms with Gasteiger partial charge in [-0.1, -0.05) is 12.2 Å². The Morgan fingerprint density at radius 1 is 1.04 bits per heavy atom. The van der Waals surface area contributed by atoms with Crippen LogP contribution in [0.1, 0.15) is 16.8 Å². The first-order chi connectivity index (χ1) is 12.0. The number of amides is 3. The molecule has 0 unspecified atom stereocenters. The second-order valence-corrected chi connectivity index (χ2v) is 6.52. The fourth-order valence-electron chi connectivity index (χ4n) is 4.16. The number of carbonyl (C=O) groups excluding carboxylic acids is 3. The molecule has 1 heterocycles. The number of methoxy groups -OCH3 is 2. The van der Waals surface area contributed by atoms with Crippen LogP contribution in [0.3, 0.4) is 0 Å². The maximum absolute atomic E-state index is 12.6. The van der Waals surface area contributed by atoms with Crippen molar-refractivity contribution in [3.05, 3.63) is 35.9 Å². The number of rotatable bonds is 4. The van der Waals surface area contributed by atoms with E-state index in [1.165, 1.54) is 20.3 Å². The largest absolute Gasteiger partial charge is 0.493 e. The maximum atomic E-state index is 12.6. The number of hydrazine groups is 1. The summed E-state index contributed by atoms with van der Waals surface area (Å²) in [4.78, 5) is 37.7. The van der Waals surface area contributed by atoms with Crippen molar-refractivity contribution in [3.63, 3.8) is 0 Å². The Bertz CT molecular complexity index is 773. The standard InChI is InChI=1S/C18H18N2O5/c1-24-12-6-5-11(8-13(12)25-2)16(21)19-20-17(22)14-9-3-4-10(7-9)15(14)18(20)23/h3-6,8-10,14-15H,7H2,1-2H3,(H,19,21)/t9-,10+,14-,15+. The molecule has 7 nitrogen and oxygen atoms in total. The first-order valence-electron chi connectivity index (χ1n) is 8.14. The molecule has 1 aromatic rings. The molecule has 0 radical (unpaired) electrons. The highest BCUT2D eigenvalue weighted by Crippen LogP contribution is 2.52. The summed E-state index contributed by atoms with van der Waals surface area (Å²) in [6, 6.07) is 4.65. The van der Waals surface area contributed by atoms with Crippen molar-refractivity contribution in [2.24, 2.45) is 23.7 Å². The molecule has 3 aliphatic rings. The highest BCUT2D eigenvalue weighted by atomic mass is 16.5. The van der Waals surface area contributed by atoms with E-state index in [2.05, 4.69) is 5.43 Å². The number of hydrogen-bond donors (Lipinski definition) is 1. The first-order valence-corrected chi connectivity index (χ1v) is 8.14. The molecule has 7 heteroatoms. The van der Waals surface area contributed by atoms with Gasteiger partial charge in [0.15, 0.2) is 11.5 Å². The van der Waals surface area contributed by atoms with Crippen LogP contribution in [-0.2, 0) is 9.59 Å². The van der Waals surface area contributed by atoms with Gasteiger partial charge in [-0.3, -0.25) is 19.8 Å². The SMILES string of the molecule is COc1ccc(C(=O)NN2C(=O)[C@@H]3[C@H](C2=O)[C@@H]2C=C[C@H]3C2)cc1OC. The van der Waals surface area contributed by atoms with Gasteiger partial charge in [-0.05, 0) is 36.5 Å². The molecule has 1 saturated carbocycles. The van der Waals surface area contributed by atoms with Crippen LogP contribution in [-0.4, -0.2) is 37.0 Å². The average Bonchev–Trinajstić information content (AvgIpc) is 3.31. The van der Waals surface area contributed by atoms with Gasteiger partial charge in [-0.2, -0.15) is 5.01 Å². The lowest BCUT2D eigenvalue weighted by atomic mass is 9.85. The third-order valence-electron chi connectivity index (χ3n) is 5.33. The van der Waals surface area contributed by atoms with Crippen LogP contribution >= 0.6 is 0 Å². The van der Waals surface area contributed by atoms with Gasteiger partial charge < -0.3 is 9.47 Å². The number of imide groups is 1. The fraction of sp³-hybridized carbons (Fsp3) is 0.389. The molecule has 4 atom stereocenters. The van der Waals surface area contributed by atoms with Gasteiger partial charge in [0.2, 0.25) is 0 Å². The van der Waals surface area contributed by atoms with Gasteiger partial charge in [0.05, 0.1) is 26.1 Å². The molecule has 1 aromatic carbocycles. The summed E-state index contributed by atoms with van der Waals surface area (Å²) < 4.78 is 10.3. The van der Waals surface area contributed by atoms with Crippen molar-refractivity contribution in [2.45, 2.75) is 6.42 Å². The summed E-state index contributed by atoms with van der Waals surface area (Å²) in [5.74, 6) is -0.757. The molecule has 3 amide bonds. The van der Waals surface area contributed by atoms with Crippen molar-refractivity contribution in [1.82, 2.24) is 10.4 Å². The van der Waals surface area contributed by atoms with Crippen molar-refractivity contribution < 1.29 is 23.9 Å². The van der Waals surface area contributed by atoms with Crippen molar-refractivity contribution in [3.8, 4) is 11.5 Å². The zero-order valence-corrected chi connectivity index (χ0v) is 13.9. The van der Waals surface area contributed by atoms with Gasteiger partial charge >= 0.3 is 0 Å². The van der Waals surface area contributed by atoms with E-state index < -0.39 is 5.91 Å². The van der Waals surface area contributed by atoms with Crippen LogP contribution in [0.4, 0.5) is 0 Å². The average molecular weight is 342 g/mol. The monoisotopic (exact) mass is 342 g/mol. The molecule has 130 valence electrons. The highest BCUT2D eigenvalue weighted by molar-refractivity contribution is 6.08. The number of ether oxygens (including phenoxy) is 2. The summed E-state index contributed by atoms with van der Waals surface area (Å²) in [6.07, 6.45) is 4.87. The Kier molecular flexibility index (Phi) is 3.52. The molecular weight excluding hydrogens is 324 g/mol. The number of nitrogens with one attached hydrogen (secondary N) is 1. The predicted octanol–water partition coefficient (Wildman–Crippen LogP) is 1.16. The fourth-order valence-corrected chi connectivity index (χ4v) is 4.16. The maximum Gasteiger partial charge on any atom is 0.270 e. The second kappa shape index (κ2) is 5.61. The Morgan fingerprint density at radius 2 is 1.64 bits per heavy atom. The quantitative estimate of drug-likeness (QED) is 0.655. The van der Waals surface area contributed by atoms with E-state index >= 15 is 0 Å². The zero-order chi connectivity index (χ0) is 17.7. The van der Waals surface area contributed by atoms with Gasteiger partial charge in [0, 0.05) is 5.56 Å². The van der Waals surface area contributed by atoms with E-state index in [4.69, 9.17) is 9.47 Å². The lowest BCUT2D eigenvalue weighted by molar-refractivity contribution is -0.143. The number of benzene rings is 1. The van der Waals surface area contributed by atoms with E-state index in [1.807, 2.05) is 12.2 Å². The Balaban J connectivity index is 1.54. The minimum absolute atomic E-state index is 0.106. The number of carbonyl (C=O) groups is 3. The molecule has 1 N–H and O–H groups in total. The second-order valence-electron chi connectivity index (χ2n) is 6.52. The molecule has 25 heavy (non-hydrogen) atoms. The summed E-state index contributed by atoms with van der Waals surface area (Å²) in [5.41, 5.74) is 2.73. The summed E-state index contributed by atoms with van der Waals surface area (Å²) in [5, 5.41) is 0.889. The van der Waals surface area contributed by atoms with Gasteiger partial charge in [-0.15, -0.1) is 0 Å². The molecule has 1 aliphatic heterocycles. The van der Waals surface area contributed by atoms with E-state index in [0.29, 0.717) is 11.5 Å². The Morgan fingerprint density at radius 3 is 2.20 bits per heavy atom. The van der Waals surface area contributed by atoms with Crippen LogP contribution in [0.5, 0.6) is 11.5 Å². The smallest absolute Gasteiger partial charge is 0.270 e. The van der Waals surface area contributed by atoms with Crippen LogP contribution in [0.15, 0.2) is 30.4 Å². The van der Waals surface area contributed by atoms with E-state index in [0.717, 1.165) is 11.4 Å². The molecular formula is C18H18N2O5. The Labute approximate surface area is 144 Å². The number of nitrogens with zero attached hydrogens (tertiary/aromatic N) is 1. The molecule has 2 fully saturated rings.